The molecule has 1 rings (SSSR count). The average molecular weight is 225 g/mol. The lowest BCUT2D eigenvalue weighted by Gasteiger charge is -2.48. The summed E-state index contributed by atoms with van der Waals surface area (Å²) < 4.78 is 84.6. The van der Waals surface area contributed by atoms with E-state index in [0.29, 0.717) is 0 Å². The molecule has 1 saturated carbocycles. The Bertz CT molecular complexity index is 235. The van der Waals surface area contributed by atoms with Crippen LogP contribution in [0.25, 0.3) is 0 Å². The van der Waals surface area contributed by atoms with Gasteiger partial charge in [0.05, 0.1) is 0 Å². The monoisotopic (exact) mass is 225 g/mol. The summed E-state index contributed by atoms with van der Waals surface area (Å²) in [7, 11) is 0. The average Bonchev–Trinajstić information content (AvgIpc) is 1.79. The highest BCUT2D eigenvalue weighted by Gasteiger charge is 2.76. The molecule has 0 aromatic carbocycles. The third-order valence-corrected chi connectivity index (χ3v) is 2.13. The summed E-state index contributed by atoms with van der Waals surface area (Å²) in [6.45, 7) is 0. The molecule has 0 bridgehead atoms. The number of nitrogens with two attached hydrogens (primary N) is 1. The van der Waals surface area contributed by atoms with E-state index in [1.165, 1.54) is 0 Å². The van der Waals surface area contributed by atoms with Gasteiger partial charge < -0.3 is 5.73 Å². The van der Waals surface area contributed by atoms with Crippen molar-refractivity contribution in [2.45, 2.75) is 36.4 Å². The highest BCUT2D eigenvalue weighted by Crippen LogP contribution is 2.56. The molecule has 1 fully saturated rings. The van der Waals surface area contributed by atoms with E-state index < -0.39 is 36.4 Å². The molecule has 1 aliphatic rings. The van der Waals surface area contributed by atoms with Crippen molar-refractivity contribution in [2.75, 3.05) is 0 Å². The maximum atomic E-state index is 12.5. The zero-order valence-electron chi connectivity index (χ0n) is 6.64. The topological polar surface area (TPSA) is 26.0 Å². The number of hydrogen-bond donors (Lipinski definition) is 1. The van der Waals surface area contributed by atoms with Crippen molar-refractivity contribution in [3.05, 3.63) is 0 Å². The molecule has 0 aromatic rings. The van der Waals surface area contributed by atoms with Crippen molar-refractivity contribution in [3.63, 3.8) is 0 Å². The van der Waals surface area contributed by atoms with E-state index in [-0.39, 0.29) is 0 Å². The highest BCUT2D eigenvalue weighted by molar-refractivity contribution is 5.13. The van der Waals surface area contributed by atoms with Crippen molar-refractivity contribution in [1.29, 1.82) is 0 Å². The fraction of sp³-hybridized carbons (Fsp3) is 1.00. The van der Waals surface area contributed by atoms with Crippen LogP contribution in [-0.4, -0.2) is 23.6 Å². The molecular formula is C6H6F7N. The summed E-state index contributed by atoms with van der Waals surface area (Å²) in [6.07, 6.45) is -9.18. The predicted molar refractivity (Wildman–Crippen MR) is 32.1 cm³/mol. The van der Waals surface area contributed by atoms with Crippen LogP contribution < -0.4 is 5.73 Å². The fourth-order valence-corrected chi connectivity index (χ4v) is 1.38. The SMILES string of the molecule is NC1(C(F)(F)C(F)(F)F)CC(F)(F)C1. The lowest BCUT2D eigenvalue weighted by Crippen LogP contribution is -2.72. The Kier molecular flexibility index (Phi) is 2.09. The Morgan fingerprint density at radius 3 is 1.50 bits per heavy atom. The lowest BCUT2D eigenvalue weighted by atomic mass is 9.69. The molecule has 1 aliphatic carbocycles. The lowest BCUT2D eigenvalue weighted by molar-refractivity contribution is -0.336. The first kappa shape index (κ1) is 11.5. The zero-order chi connectivity index (χ0) is 11.4. The van der Waals surface area contributed by atoms with Gasteiger partial charge in [-0.15, -0.1) is 0 Å². The zero-order valence-corrected chi connectivity index (χ0v) is 6.64. The van der Waals surface area contributed by atoms with Crippen LogP contribution in [0.15, 0.2) is 0 Å². The molecule has 1 nitrogen and oxygen atoms in total. The van der Waals surface area contributed by atoms with Crippen LogP contribution in [0.1, 0.15) is 12.8 Å². The summed E-state index contributed by atoms with van der Waals surface area (Å²) in [5, 5.41) is 0. The molecule has 0 spiro atoms. The summed E-state index contributed by atoms with van der Waals surface area (Å²) in [4.78, 5) is 0. The van der Waals surface area contributed by atoms with Gasteiger partial charge in [0, 0.05) is 12.8 Å². The Morgan fingerprint density at radius 2 is 1.29 bits per heavy atom. The van der Waals surface area contributed by atoms with Crippen molar-refractivity contribution in [3.8, 4) is 0 Å². The second-order valence-electron chi connectivity index (χ2n) is 3.44. The summed E-state index contributed by atoms with van der Waals surface area (Å²) in [6, 6.07) is 0. The molecule has 0 heterocycles. The van der Waals surface area contributed by atoms with Crippen molar-refractivity contribution in [1.82, 2.24) is 0 Å². The molecule has 0 aliphatic heterocycles. The van der Waals surface area contributed by atoms with Gasteiger partial charge in [-0.3, -0.25) is 0 Å². The standard InChI is InChI=1S/C6H6F7N/c7-4(8)1-3(14,2-4)5(9,10)6(11,12)13/h1-2,14H2. The van der Waals surface area contributed by atoms with E-state index in [2.05, 4.69) is 5.73 Å². The minimum Gasteiger partial charge on any atom is -0.319 e. The van der Waals surface area contributed by atoms with Crippen molar-refractivity contribution < 1.29 is 30.7 Å². The molecule has 0 aromatic heterocycles. The van der Waals surface area contributed by atoms with Crippen LogP contribution in [0, 0.1) is 0 Å². The molecule has 0 saturated heterocycles. The second kappa shape index (κ2) is 2.53. The molecule has 0 radical (unpaired) electrons. The molecule has 0 amide bonds. The normalized spacial score (nSPS) is 25.7. The highest BCUT2D eigenvalue weighted by atomic mass is 19.4. The number of alkyl halides is 7. The van der Waals surface area contributed by atoms with E-state index in [1.54, 1.807) is 0 Å². The van der Waals surface area contributed by atoms with Gasteiger partial charge in [-0.1, -0.05) is 0 Å². The van der Waals surface area contributed by atoms with Gasteiger partial charge >= 0.3 is 12.1 Å². The predicted octanol–water partition coefficient (Wildman–Crippen LogP) is 2.31. The van der Waals surface area contributed by atoms with Gasteiger partial charge in [0.1, 0.15) is 5.54 Å². The van der Waals surface area contributed by atoms with Crippen molar-refractivity contribution >= 4 is 0 Å². The van der Waals surface area contributed by atoms with E-state index in [0.717, 1.165) is 0 Å². The maximum absolute atomic E-state index is 12.5. The number of rotatable bonds is 1. The smallest absolute Gasteiger partial charge is 0.319 e. The summed E-state index contributed by atoms with van der Waals surface area (Å²) in [5.74, 6) is -8.80. The van der Waals surface area contributed by atoms with E-state index in [9.17, 15) is 30.7 Å². The number of halogens is 7. The van der Waals surface area contributed by atoms with E-state index in [4.69, 9.17) is 0 Å². The van der Waals surface area contributed by atoms with Gasteiger partial charge in [-0.05, 0) is 0 Å². The Hall–Kier alpha value is -0.530. The van der Waals surface area contributed by atoms with Crippen molar-refractivity contribution in [2.24, 2.45) is 5.73 Å². The van der Waals surface area contributed by atoms with Crippen LogP contribution >= 0.6 is 0 Å². The van der Waals surface area contributed by atoms with E-state index in [1.807, 2.05) is 0 Å². The van der Waals surface area contributed by atoms with Gasteiger partial charge in [0.15, 0.2) is 0 Å². The van der Waals surface area contributed by atoms with Crippen LogP contribution in [0.3, 0.4) is 0 Å². The van der Waals surface area contributed by atoms with Gasteiger partial charge in [-0.25, -0.2) is 8.78 Å². The van der Waals surface area contributed by atoms with Crippen LogP contribution in [0.4, 0.5) is 30.7 Å². The van der Waals surface area contributed by atoms with Crippen LogP contribution in [-0.2, 0) is 0 Å². The van der Waals surface area contributed by atoms with Gasteiger partial charge in [0.2, 0.25) is 0 Å². The van der Waals surface area contributed by atoms with Gasteiger partial charge in [-0.2, -0.15) is 22.0 Å². The quantitative estimate of drug-likeness (QED) is 0.681. The van der Waals surface area contributed by atoms with Crippen LogP contribution in [0.2, 0.25) is 0 Å². The van der Waals surface area contributed by atoms with E-state index >= 15 is 0 Å². The fourth-order valence-electron chi connectivity index (χ4n) is 1.38. The molecular weight excluding hydrogens is 219 g/mol. The molecule has 14 heavy (non-hydrogen) atoms. The summed E-state index contributed by atoms with van der Waals surface area (Å²) in [5.41, 5.74) is 1.42. The Labute approximate surface area is 74.1 Å². The summed E-state index contributed by atoms with van der Waals surface area (Å²) >= 11 is 0. The molecule has 0 unspecified atom stereocenters. The molecule has 0 atom stereocenters. The first-order valence-electron chi connectivity index (χ1n) is 3.53. The second-order valence-corrected chi connectivity index (χ2v) is 3.44. The Morgan fingerprint density at radius 1 is 0.929 bits per heavy atom. The molecule has 2 N–H and O–H groups in total. The van der Waals surface area contributed by atoms with Gasteiger partial charge in [0.25, 0.3) is 5.92 Å². The first-order chi connectivity index (χ1) is 5.91. The third-order valence-electron chi connectivity index (χ3n) is 2.13. The molecule has 8 heteroatoms. The maximum Gasteiger partial charge on any atom is 0.455 e. The first-order valence-corrected chi connectivity index (χ1v) is 3.53. The van der Waals surface area contributed by atoms with Crippen LogP contribution in [0.5, 0.6) is 0 Å². The minimum atomic E-state index is -5.89. The Balaban J connectivity index is 2.86. The largest absolute Gasteiger partial charge is 0.455 e. The third kappa shape index (κ3) is 1.45. The number of hydrogen-bond acceptors (Lipinski definition) is 1. The minimum absolute atomic E-state index is 1.65. The molecule has 84 valence electrons.